The Bertz CT molecular complexity index is 1440. The van der Waals surface area contributed by atoms with Crippen LogP contribution in [0.4, 0.5) is 0 Å². The van der Waals surface area contributed by atoms with Crippen molar-refractivity contribution in [2.45, 2.75) is 38.8 Å². The molecule has 1 N–H and O–H groups in total. The van der Waals surface area contributed by atoms with Crippen LogP contribution in [0.5, 0.6) is 0 Å². The summed E-state index contributed by atoms with van der Waals surface area (Å²) in [6.45, 7) is 6.60. The zero-order chi connectivity index (χ0) is 24.6. The molecule has 3 aliphatic heterocycles. The molecule has 0 bridgehead atoms. The molecule has 0 atom stereocenters. The summed E-state index contributed by atoms with van der Waals surface area (Å²) in [5.74, 6) is 0.307. The Morgan fingerprint density at radius 2 is 1.56 bits per heavy atom. The molecule has 0 unspecified atom stereocenters. The van der Waals surface area contributed by atoms with Crippen LogP contribution in [0.2, 0.25) is 10.3 Å². The van der Waals surface area contributed by atoms with Gasteiger partial charge in [0.25, 0.3) is 0 Å². The average molecular weight is 563 g/mol. The molecule has 4 aromatic heterocycles. The normalized spacial score (nSPS) is 17.8. The van der Waals surface area contributed by atoms with Gasteiger partial charge >= 0.3 is 0 Å². The third-order valence-corrected chi connectivity index (χ3v) is 9.83. The Kier molecular flexibility index (Phi) is 7.07. The number of amides is 1. The third kappa shape index (κ3) is 4.70. The van der Waals surface area contributed by atoms with Crippen molar-refractivity contribution in [3.05, 3.63) is 43.8 Å². The van der Waals surface area contributed by atoms with Gasteiger partial charge in [-0.2, -0.15) is 0 Å². The minimum absolute atomic E-state index is 0.307. The minimum Gasteiger partial charge on any atom is -0.341 e. The lowest BCUT2D eigenvalue weighted by atomic mass is 10.1. The number of rotatable bonds is 3. The highest BCUT2D eigenvalue weighted by Crippen LogP contribution is 2.37. The predicted octanol–water partition coefficient (Wildman–Crippen LogP) is 4.32. The predicted molar refractivity (Wildman–Crippen MR) is 145 cm³/mol. The van der Waals surface area contributed by atoms with E-state index in [4.69, 9.17) is 23.2 Å². The molecule has 12 heteroatoms. The molecule has 0 aromatic carbocycles. The van der Waals surface area contributed by atoms with Crippen LogP contribution in [0, 0.1) is 0 Å². The Hall–Kier alpha value is -1.95. The molecule has 1 saturated heterocycles. The highest BCUT2D eigenvalue weighted by molar-refractivity contribution is 7.19. The lowest BCUT2D eigenvalue weighted by Crippen LogP contribution is -2.38. The number of aromatic nitrogens is 4. The Balaban J connectivity index is 0.000000147. The van der Waals surface area contributed by atoms with Crippen molar-refractivity contribution in [1.82, 2.24) is 35.1 Å². The standard InChI is InChI=1S/C15H17ClN4OS.C9H8ClN3S/c16-14-13-10-3-5-19(6-7-20-4-1-2-12(20)21)8-11(10)22-15(13)18-9-17-14;10-8-7-5-1-2-11-3-6(5)14-9(7)13-4-12-8/h9H,1-8H2;4,11H,1-3H2. The minimum atomic E-state index is 0.307. The molecule has 0 radical (unpaired) electrons. The smallest absolute Gasteiger partial charge is 0.222 e. The van der Waals surface area contributed by atoms with Crippen LogP contribution in [-0.4, -0.2) is 68.4 Å². The van der Waals surface area contributed by atoms with Gasteiger partial charge in [0.05, 0.1) is 10.8 Å². The molecule has 8 nitrogen and oxygen atoms in total. The molecule has 7 rings (SSSR count). The maximum absolute atomic E-state index is 11.7. The van der Waals surface area contributed by atoms with Crippen LogP contribution in [0.15, 0.2) is 12.7 Å². The largest absolute Gasteiger partial charge is 0.341 e. The van der Waals surface area contributed by atoms with Crippen LogP contribution < -0.4 is 5.32 Å². The Morgan fingerprint density at radius 3 is 2.25 bits per heavy atom. The number of carbonyl (C=O) groups is 1. The van der Waals surface area contributed by atoms with Crippen LogP contribution in [0.3, 0.4) is 0 Å². The Morgan fingerprint density at radius 1 is 0.861 bits per heavy atom. The van der Waals surface area contributed by atoms with Gasteiger partial charge < -0.3 is 10.2 Å². The zero-order valence-electron chi connectivity index (χ0n) is 19.6. The van der Waals surface area contributed by atoms with Crippen molar-refractivity contribution in [3.8, 4) is 0 Å². The van der Waals surface area contributed by atoms with E-state index in [1.807, 2.05) is 4.90 Å². The molecular formula is C24H25Cl2N7OS2. The first-order valence-corrected chi connectivity index (χ1v) is 14.5. The van der Waals surface area contributed by atoms with Crippen LogP contribution in [0.25, 0.3) is 20.4 Å². The number of carbonyl (C=O) groups excluding carboxylic acids is 1. The highest BCUT2D eigenvalue weighted by atomic mass is 35.5. The number of halogens is 2. The quantitative estimate of drug-likeness (QED) is 0.373. The van der Waals surface area contributed by atoms with Crippen LogP contribution >= 0.6 is 45.9 Å². The van der Waals surface area contributed by atoms with Crippen LogP contribution in [0.1, 0.15) is 33.7 Å². The second kappa shape index (κ2) is 10.4. The molecule has 0 spiro atoms. The molecule has 36 heavy (non-hydrogen) atoms. The van der Waals surface area contributed by atoms with E-state index in [1.54, 1.807) is 22.7 Å². The fourth-order valence-electron chi connectivity index (χ4n) is 5.16. The molecular weight excluding hydrogens is 537 g/mol. The van der Waals surface area contributed by atoms with Crippen molar-refractivity contribution < 1.29 is 4.79 Å². The summed E-state index contributed by atoms with van der Waals surface area (Å²) in [5, 5.41) is 6.61. The summed E-state index contributed by atoms with van der Waals surface area (Å²) in [6, 6.07) is 0. The van der Waals surface area contributed by atoms with E-state index < -0.39 is 0 Å². The summed E-state index contributed by atoms with van der Waals surface area (Å²) >= 11 is 15.7. The fourth-order valence-corrected chi connectivity index (χ4v) is 8.15. The summed E-state index contributed by atoms with van der Waals surface area (Å²) in [5.41, 5.74) is 2.66. The number of fused-ring (bicyclic) bond motifs is 6. The maximum Gasteiger partial charge on any atom is 0.222 e. The van der Waals surface area contributed by atoms with Gasteiger partial charge in [0.15, 0.2) is 0 Å². The van der Waals surface area contributed by atoms with Crippen molar-refractivity contribution in [3.63, 3.8) is 0 Å². The first-order valence-electron chi connectivity index (χ1n) is 12.1. The van der Waals surface area contributed by atoms with E-state index in [2.05, 4.69) is 30.2 Å². The van der Waals surface area contributed by atoms with Gasteiger partial charge in [-0.05, 0) is 36.9 Å². The van der Waals surface area contributed by atoms with E-state index in [1.165, 1.54) is 33.5 Å². The van der Waals surface area contributed by atoms with Gasteiger partial charge in [0.1, 0.15) is 32.6 Å². The zero-order valence-corrected chi connectivity index (χ0v) is 22.7. The van der Waals surface area contributed by atoms with Crippen molar-refractivity contribution in [2.24, 2.45) is 0 Å². The average Bonchev–Trinajstić information content (AvgIpc) is 3.58. The summed E-state index contributed by atoms with van der Waals surface area (Å²) in [6.07, 6.45) is 6.80. The Labute approximate surface area is 226 Å². The third-order valence-electron chi connectivity index (χ3n) is 6.99. The topological polar surface area (TPSA) is 87.1 Å². The lowest BCUT2D eigenvalue weighted by molar-refractivity contribution is -0.127. The summed E-state index contributed by atoms with van der Waals surface area (Å²) in [7, 11) is 0. The number of hydrogen-bond acceptors (Lipinski definition) is 9. The van der Waals surface area contributed by atoms with Crippen molar-refractivity contribution in [2.75, 3.05) is 32.7 Å². The highest BCUT2D eigenvalue weighted by Gasteiger charge is 2.25. The van der Waals surface area contributed by atoms with Gasteiger partial charge in [-0.1, -0.05) is 23.2 Å². The number of nitrogens with one attached hydrogen (secondary N) is 1. The number of likely N-dealkylation sites (tertiary alicyclic amines) is 1. The van der Waals surface area contributed by atoms with Gasteiger partial charge in [0.2, 0.25) is 5.91 Å². The SMILES string of the molecule is Clc1ncnc2sc3c(c12)CCNC3.O=C1CCCN1CCN1CCc2c(sc3ncnc(Cl)c23)C1. The van der Waals surface area contributed by atoms with Crippen LogP contribution in [-0.2, 0) is 30.7 Å². The van der Waals surface area contributed by atoms with Gasteiger partial charge in [-0.15, -0.1) is 22.7 Å². The second-order valence-corrected chi connectivity index (χ2v) is 12.0. The fraction of sp³-hybridized carbons (Fsp3) is 0.458. The van der Waals surface area contributed by atoms with Gasteiger partial charge in [0, 0.05) is 55.4 Å². The second-order valence-electron chi connectivity index (χ2n) is 9.13. The summed E-state index contributed by atoms with van der Waals surface area (Å²) in [4.78, 5) is 37.5. The summed E-state index contributed by atoms with van der Waals surface area (Å²) < 4.78 is 0. The molecule has 188 valence electrons. The molecule has 1 amide bonds. The molecule has 7 heterocycles. The molecule has 4 aromatic rings. The number of thiophene rings is 2. The van der Waals surface area contributed by atoms with E-state index in [9.17, 15) is 4.79 Å². The maximum atomic E-state index is 11.7. The van der Waals surface area contributed by atoms with Crippen molar-refractivity contribution >= 4 is 72.2 Å². The van der Waals surface area contributed by atoms with Gasteiger partial charge in [-0.3, -0.25) is 9.69 Å². The first-order chi connectivity index (χ1) is 17.6. The monoisotopic (exact) mass is 561 g/mol. The molecule has 0 aliphatic carbocycles. The van der Waals surface area contributed by atoms with Crippen molar-refractivity contribution in [1.29, 1.82) is 0 Å². The van der Waals surface area contributed by atoms with Gasteiger partial charge in [-0.25, -0.2) is 19.9 Å². The van der Waals surface area contributed by atoms with E-state index in [0.717, 1.165) is 91.9 Å². The number of nitrogens with zero attached hydrogens (tertiary/aromatic N) is 6. The van der Waals surface area contributed by atoms with E-state index >= 15 is 0 Å². The van der Waals surface area contributed by atoms with E-state index in [0.29, 0.717) is 16.2 Å². The lowest BCUT2D eigenvalue weighted by Gasteiger charge is -2.28. The molecule has 1 fully saturated rings. The molecule has 3 aliphatic rings. The van der Waals surface area contributed by atoms with E-state index in [-0.39, 0.29) is 0 Å². The number of hydrogen-bond donors (Lipinski definition) is 1. The first kappa shape index (κ1) is 24.4. The molecule has 0 saturated carbocycles.